The van der Waals surface area contributed by atoms with E-state index in [1.54, 1.807) is 48.5 Å². The lowest BCUT2D eigenvalue weighted by Crippen LogP contribution is -2.34. The molecule has 6 nitrogen and oxygen atoms in total. The van der Waals surface area contributed by atoms with E-state index >= 15 is 0 Å². The van der Waals surface area contributed by atoms with Gasteiger partial charge >= 0.3 is 6.03 Å². The number of nitrogens with one attached hydrogen (secondary N) is 2. The first-order valence-corrected chi connectivity index (χ1v) is 9.64. The van der Waals surface area contributed by atoms with Crippen molar-refractivity contribution in [1.29, 1.82) is 0 Å². The number of hydrogen-bond acceptors (Lipinski definition) is 4. The third kappa shape index (κ3) is 5.08. The highest BCUT2D eigenvalue weighted by molar-refractivity contribution is 7.90. The highest BCUT2D eigenvalue weighted by Crippen LogP contribution is 2.23. The second kappa shape index (κ2) is 7.92. The Morgan fingerprint density at radius 1 is 0.852 bits per heavy atom. The van der Waals surface area contributed by atoms with E-state index in [2.05, 4.69) is 5.32 Å². The lowest BCUT2D eigenvalue weighted by Gasteiger charge is -2.10. The second-order valence-electron chi connectivity index (χ2n) is 5.82. The van der Waals surface area contributed by atoms with Crippen LogP contribution in [0.15, 0.2) is 83.8 Å². The van der Waals surface area contributed by atoms with Crippen LogP contribution in [-0.2, 0) is 10.0 Å². The first-order chi connectivity index (χ1) is 12.9. The van der Waals surface area contributed by atoms with Crippen LogP contribution in [0.25, 0.3) is 0 Å². The summed E-state index contributed by atoms with van der Waals surface area (Å²) in [5.74, 6) is 1.17. The molecule has 0 saturated carbocycles. The molecule has 0 atom stereocenters. The van der Waals surface area contributed by atoms with Gasteiger partial charge in [-0.1, -0.05) is 42.0 Å². The monoisotopic (exact) mass is 382 g/mol. The highest BCUT2D eigenvalue weighted by atomic mass is 32.2. The number of urea groups is 1. The Bertz CT molecular complexity index is 1030. The van der Waals surface area contributed by atoms with Crippen molar-refractivity contribution in [1.82, 2.24) is 4.72 Å². The fourth-order valence-corrected chi connectivity index (χ4v) is 3.22. The summed E-state index contributed by atoms with van der Waals surface area (Å²) >= 11 is 0. The zero-order valence-corrected chi connectivity index (χ0v) is 15.4. The predicted molar refractivity (Wildman–Crippen MR) is 103 cm³/mol. The van der Waals surface area contributed by atoms with Crippen LogP contribution in [0.3, 0.4) is 0 Å². The molecule has 0 radical (unpaired) electrons. The number of aryl methyl sites for hydroxylation is 1. The third-order valence-corrected chi connectivity index (χ3v) is 4.98. The van der Waals surface area contributed by atoms with Gasteiger partial charge in [-0.3, -0.25) is 0 Å². The quantitative estimate of drug-likeness (QED) is 0.689. The number of amides is 2. The fourth-order valence-electron chi connectivity index (χ4n) is 2.32. The number of sulfonamides is 1. The molecule has 0 aromatic heterocycles. The molecule has 3 aromatic rings. The van der Waals surface area contributed by atoms with Gasteiger partial charge < -0.3 is 10.1 Å². The topological polar surface area (TPSA) is 84.5 Å². The van der Waals surface area contributed by atoms with Gasteiger partial charge in [-0.05, 0) is 43.3 Å². The molecule has 7 heteroatoms. The average molecular weight is 382 g/mol. The van der Waals surface area contributed by atoms with E-state index < -0.39 is 16.1 Å². The smallest absolute Gasteiger partial charge is 0.333 e. The molecular formula is C20H18N2O4S. The number of para-hydroxylation sites is 1. The molecule has 0 spiro atoms. The molecule has 0 aliphatic rings. The number of carbonyl (C=O) groups excluding carboxylic acids is 1. The van der Waals surface area contributed by atoms with Crippen LogP contribution in [0.2, 0.25) is 0 Å². The van der Waals surface area contributed by atoms with E-state index in [0.717, 1.165) is 5.56 Å². The normalized spacial score (nSPS) is 10.9. The van der Waals surface area contributed by atoms with Gasteiger partial charge in [0.25, 0.3) is 10.0 Å². The number of carbonyl (C=O) groups is 1. The third-order valence-electron chi connectivity index (χ3n) is 3.63. The molecule has 0 aliphatic carbocycles. The van der Waals surface area contributed by atoms with Crippen LogP contribution >= 0.6 is 0 Å². The van der Waals surface area contributed by atoms with Gasteiger partial charge in [-0.25, -0.2) is 17.9 Å². The van der Waals surface area contributed by atoms with Crippen LogP contribution in [0.5, 0.6) is 11.5 Å². The van der Waals surface area contributed by atoms with E-state index in [-0.39, 0.29) is 4.90 Å². The summed E-state index contributed by atoms with van der Waals surface area (Å²) in [6.45, 7) is 1.85. The maximum Gasteiger partial charge on any atom is 0.333 e. The SMILES string of the molecule is Cc1ccc(S(=O)(=O)NC(=O)Nc2cccc(Oc3ccccc3)c2)cc1. The second-order valence-corrected chi connectivity index (χ2v) is 7.50. The number of hydrogen-bond donors (Lipinski definition) is 2. The molecular weight excluding hydrogens is 364 g/mol. The van der Waals surface area contributed by atoms with Gasteiger partial charge in [0.15, 0.2) is 0 Å². The summed E-state index contributed by atoms with van der Waals surface area (Å²) < 4.78 is 32.2. The van der Waals surface area contributed by atoms with Crippen molar-refractivity contribution in [2.24, 2.45) is 0 Å². The van der Waals surface area contributed by atoms with Crippen LogP contribution in [0, 0.1) is 6.92 Å². The summed E-state index contributed by atoms with van der Waals surface area (Å²) in [4.78, 5) is 12.1. The minimum atomic E-state index is -3.95. The Balaban J connectivity index is 1.67. The van der Waals surface area contributed by atoms with Crippen molar-refractivity contribution < 1.29 is 17.9 Å². The van der Waals surface area contributed by atoms with Crippen molar-refractivity contribution >= 4 is 21.7 Å². The number of anilines is 1. The van der Waals surface area contributed by atoms with Gasteiger partial charge in [-0.15, -0.1) is 0 Å². The maximum atomic E-state index is 12.3. The van der Waals surface area contributed by atoms with Crippen LogP contribution in [-0.4, -0.2) is 14.4 Å². The van der Waals surface area contributed by atoms with Gasteiger partial charge in [0, 0.05) is 11.8 Å². The molecule has 0 aliphatic heterocycles. The lowest BCUT2D eigenvalue weighted by molar-refractivity contribution is 0.256. The van der Waals surface area contributed by atoms with Gasteiger partial charge in [-0.2, -0.15) is 0 Å². The molecule has 0 unspecified atom stereocenters. The molecule has 2 amide bonds. The van der Waals surface area contributed by atoms with E-state index in [1.165, 1.54) is 12.1 Å². The van der Waals surface area contributed by atoms with Crippen molar-refractivity contribution in [2.75, 3.05) is 5.32 Å². The van der Waals surface area contributed by atoms with E-state index in [9.17, 15) is 13.2 Å². The molecule has 0 saturated heterocycles. The van der Waals surface area contributed by atoms with Crippen LogP contribution in [0.1, 0.15) is 5.56 Å². The van der Waals surface area contributed by atoms with Crippen molar-refractivity contribution in [3.63, 3.8) is 0 Å². The molecule has 0 heterocycles. The van der Waals surface area contributed by atoms with E-state index in [1.807, 2.05) is 29.8 Å². The van der Waals surface area contributed by atoms with Crippen molar-refractivity contribution in [3.8, 4) is 11.5 Å². The number of rotatable bonds is 5. The average Bonchev–Trinajstić information content (AvgIpc) is 2.62. The first-order valence-electron chi connectivity index (χ1n) is 8.16. The Morgan fingerprint density at radius 3 is 2.22 bits per heavy atom. The minimum Gasteiger partial charge on any atom is -0.457 e. The highest BCUT2D eigenvalue weighted by Gasteiger charge is 2.17. The molecule has 138 valence electrons. The summed E-state index contributed by atoms with van der Waals surface area (Å²) in [7, 11) is -3.95. The van der Waals surface area contributed by atoms with Gasteiger partial charge in [0.05, 0.1) is 4.90 Å². The summed E-state index contributed by atoms with van der Waals surface area (Å²) in [5.41, 5.74) is 1.33. The largest absolute Gasteiger partial charge is 0.457 e. The molecule has 3 rings (SSSR count). The van der Waals surface area contributed by atoms with Crippen LogP contribution < -0.4 is 14.8 Å². The van der Waals surface area contributed by atoms with Gasteiger partial charge in [0.2, 0.25) is 0 Å². The summed E-state index contributed by atoms with van der Waals surface area (Å²) in [5, 5.41) is 2.50. The Kier molecular flexibility index (Phi) is 5.42. The molecule has 2 N–H and O–H groups in total. The van der Waals surface area contributed by atoms with Gasteiger partial charge in [0.1, 0.15) is 11.5 Å². The van der Waals surface area contributed by atoms with Crippen molar-refractivity contribution in [2.45, 2.75) is 11.8 Å². The standard InChI is InChI=1S/C20H18N2O4S/c1-15-10-12-19(13-11-15)27(24,25)22-20(23)21-16-6-5-9-18(14-16)26-17-7-3-2-4-8-17/h2-14H,1H3,(H2,21,22,23). The Labute approximate surface area is 157 Å². The zero-order valence-electron chi connectivity index (χ0n) is 14.5. The van der Waals surface area contributed by atoms with Crippen molar-refractivity contribution in [3.05, 3.63) is 84.4 Å². The Hall–Kier alpha value is -3.32. The summed E-state index contributed by atoms with van der Waals surface area (Å²) in [6.07, 6.45) is 0. The molecule has 0 fully saturated rings. The number of benzene rings is 3. The molecule has 27 heavy (non-hydrogen) atoms. The zero-order chi connectivity index (χ0) is 19.3. The maximum absolute atomic E-state index is 12.3. The van der Waals surface area contributed by atoms with E-state index in [0.29, 0.717) is 17.2 Å². The lowest BCUT2D eigenvalue weighted by atomic mass is 10.2. The predicted octanol–water partition coefficient (Wildman–Crippen LogP) is 4.30. The minimum absolute atomic E-state index is 0.0180. The molecule has 3 aromatic carbocycles. The Morgan fingerprint density at radius 2 is 1.52 bits per heavy atom. The first kappa shape index (κ1) is 18.5. The van der Waals surface area contributed by atoms with E-state index in [4.69, 9.17) is 4.74 Å². The molecule has 0 bridgehead atoms. The number of ether oxygens (including phenoxy) is 1. The fraction of sp³-hybridized carbons (Fsp3) is 0.0500. The summed E-state index contributed by atoms with van der Waals surface area (Å²) in [6, 6.07) is 21.2. The van der Waals surface area contributed by atoms with Crippen LogP contribution in [0.4, 0.5) is 10.5 Å².